The lowest BCUT2D eigenvalue weighted by Gasteiger charge is -2.38. The fourth-order valence-electron chi connectivity index (χ4n) is 2.78. The van der Waals surface area contributed by atoms with Gasteiger partial charge in [0.2, 0.25) is 0 Å². The third kappa shape index (κ3) is 3.43. The minimum Gasteiger partial charge on any atom is -0.364 e. The third-order valence-corrected chi connectivity index (χ3v) is 4.68. The summed E-state index contributed by atoms with van der Waals surface area (Å²) in [5.74, 6) is 0.351. The van der Waals surface area contributed by atoms with Gasteiger partial charge in [0.05, 0.1) is 47.1 Å². The number of primary amides is 1. The van der Waals surface area contributed by atoms with Crippen LogP contribution in [0.3, 0.4) is 0 Å². The molecule has 3 heterocycles. The number of aromatic nitrogens is 4. The Balaban J connectivity index is 1.94. The quantitative estimate of drug-likeness (QED) is 0.604. The van der Waals surface area contributed by atoms with Gasteiger partial charge in [0, 0.05) is 18.6 Å². The molecule has 9 nitrogen and oxygen atoms in total. The molecule has 1 aliphatic rings. The molecule has 2 atom stereocenters. The fraction of sp³-hybridized carbons (Fsp3) is 0.429. The van der Waals surface area contributed by atoms with E-state index in [9.17, 15) is 4.79 Å². The Morgan fingerprint density at radius 2 is 2.25 bits per heavy atom. The molecule has 0 spiro atoms. The van der Waals surface area contributed by atoms with Gasteiger partial charge in [-0.05, 0) is 19.8 Å². The molecule has 0 saturated carbocycles. The van der Waals surface area contributed by atoms with Crippen LogP contribution >= 0.6 is 22.9 Å². The molecule has 0 aliphatic carbocycles. The van der Waals surface area contributed by atoms with E-state index < -0.39 is 5.91 Å². The number of carbonyl (C=O) groups excluding carboxylic acids is 1. The lowest BCUT2D eigenvalue weighted by atomic mass is 9.98. The number of anilines is 3. The molecular weight excluding hydrogens is 423 g/mol. The van der Waals surface area contributed by atoms with Gasteiger partial charge in [-0.25, -0.2) is 12.9 Å². The second-order valence-electron chi connectivity index (χ2n) is 5.77. The van der Waals surface area contributed by atoms with E-state index in [4.69, 9.17) is 11.5 Å². The monoisotopic (exact) mass is 442 g/mol. The molecule has 5 N–H and O–H groups in total. The van der Waals surface area contributed by atoms with Gasteiger partial charge in [-0.1, -0.05) is 0 Å². The summed E-state index contributed by atoms with van der Waals surface area (Å²) in [6.45, 7) is 2.92. The van der Waals surface area contributed by atoms with E-state index in [-0.39, 0.29) is 17.8 Å². The average molecular weight is 442 g/mol. The number of halogens is 1. The summed E-state index contributed by atoms with van der Waals surface area (Å²) in [4.78, 5) is 22.5. The van der Waals surface area contributed by atoms with E-state index in [0.717, 1.165) is 19.4 Å². The highest BCUT2D eigenvalue weighted by atomic mass is 127. The first-order chi connectivity index (χ1) is 11.5. The van der Waals surface area contributed by atoms with Crippen molar-refractivity contribution in [3.63, 3.8) is 0 Å². The van der Waals surface area contributed by atoms with Crippen molar-refractivity contribution in [2.24, 2.45) is 11.5 Å². The van der Waals surface area contributed by atoms with E-state index >= 15 is 0 Å². The molecule has 3 rings (SSSR count). The number of nitrogens with two attached hydrogens (primary N) is 2. The highest BCUT2D eigenvalue weighted by Crippen LogP contribution is 2.25. The van der Waals surface area contributed by atoms with Crippen LogP contribution in [0.5, 0.6) is 0 Å². The first-order valence-electron chi connectivity index (χ1n) is 7.62. The summed E-state index contributed by atoms with van der Waals surface area (Å²) >= 11 is 2.03. The van der Waals surface area contributed by atoms with Crippen LogP contribution in [0.1, 0.15) is 30.3 Å². The number of hydrogen-bond donors (Lipinski definition) is 3. The summed E-state index contributed by atoms with van der Waals surface area (Å²) in [5.41, 5.74) is 12.4. The Kier molecular flexibility index (Phi) is 4.85. The normalized spacial score (nSPS) is 20.9. The van der Waals surface area contributed by atoms with Crippen molar-refractivity contribution in [2.45, 2.75) is 31.8 Å². The van der Waals surface area contributed by atoms with Crippen molar-refractivity contribution in [3.05, 3.63) is 24.3 Å². The molecule has 2 aromatic rings. The molecule has 1 amide bonds. The Bertz CT molecular complexity index is 748. The summed E-state index contributed by atoms with van der Waals surface area (Å²) < 4.78 is 1.62. The van der Waals surface area contributed by atoms with E-state index in [1.807, 2.05) is 22.9 Å². The number of rotatable bonds is 4. The largest absolute Gasteiger partial charge is 0.364 e. The minimum absolute atomic E-state index is 0.0880. The summed E-state index contributed by atoms with van der Waals surface area (Å²) in [6, 6.07) is 0.238. The predicted octanol–water partition coefficient (Wildman–Crippen LogP) is 1.03. The highest BCUT2D eigenvalue weighted by Gasteiger charge is 2.27. The van der Waals surface area contributed by atoms with Gasteiger partial charge in [-0.2, -0.15) is 5.10 Å². The Morgan fingerprint density at radius 3 is 2.92 bits per heavy atom. The third-order valence-electron chi connectivity index (χ3n) is 4.15. The number of piperidine rings is 1. The molecule has 1 saturated heterocycles. The maximum absolute atomic E-state index is 11.6. The number of hydrogen-bond acceptors (Lipinski definition) is 7. The zero-order valence-corrected chi connectivity index (χ0v) is 15.3. The van der Waals surface area contributed by atoms with Crippen LogP contribution in [0, 0.1) is 0 Å². The topological polar surface area (TPSA) is 128 Å². The first kappa shape index (κ1) is 16.9. The van der Waals surface area contributed by atoms with Crippen molar-refractivity contribution in [3.8, 4) is 0 Å². The predicted molar refractivity (Wildman–Crippen MR) is 99.5 cm³/mol. The van der Waals surface area contributed by atoms with E-state index in [1.54, 1.807) is 21.5 Å². The van der Waals surface area contributed by atoms with Crippen LogP contribution in [0.4, 0.5) is 17.3 Å². The molecule has 0 unspecified atom stereocenters. The molecule has 0 radical (unpaired) electrons. The smallest absolute Gasteiger partial charge is 0.271 e. The second-order valence-corrected chi connectivity index (χ2v) is 6.76. The maximum Gasteiger partial charge on any atom is 0.271 e. The standard InChI is InChI=1S/C14H19IN8O/c1-8-10(16)3-2-4-22(8)11-6-18-12(13(17)24)14(21-11)20-9-5-19-23(15)7-9/h5-8,10H,2-4,16H2,1H3,(H2,17,24)(H,20,21)/t8-,10-/m1/s1. The summed E-state index contributed by atoms with van der Waals surface area (Å²) in [7, 11) is 0. The second kappa shape index (κ2) is 6.89. The zero-order valence-electron chi connectivity index (χ0n) is 13.2. The van der Waals surface area contributed by atoms with Gasteiger partial charge < -0.3 is 21.7 Å². The molecule has 0 aromatic carbocycles. The van der Waals surface area contributed by atoms with Gasteiger partial charge in [0.25, 0.3) is 5.91 Å². The molecule has 128 valence electrons. The van der Waals surface area contributed by atoms with Crippen LogP contribution in [0.25, 0.3) is 0 Å². The maximum atomic E-state index is 11.6. The minimum atomic E-state index is -0.637. The molecule has 0 bridgehead atoms. The van der Waals surface area contributed by atoms with Crippen molar-refractivity contribution in [1.29, 1.82) is 0 Å². The molecule has 24 heavy (non-hydrogen) atoms. The SMILES string of the molecule is C[C@@H]1[C@H](N)CCCN1c1cnc(C(N)=O)c(Nc2cnn(I)c2)n1. The lowest BCUT2D eigenvalue weighted by Crippen LogP contribution is -2.50. The molecule has 2 aromatic heterocycles. The van der Waals surface area contributed by atoms with Crippen molar-refractivity contribution in [1.82, 2.24) is 18.0 Å². The number of amides is 1. The molecular formula is C14H19IN8O. The van der Waals surface area contributed by atoms with E-state index in [0.29, 0.717) is 17.3 Å². The van der Waals surface area contributed by atoms with Gasteiger partial charge >= 0.3 is 0 Å². The number of carbonyl (C=O) groups is 1. The van der Waals surface area contributed by atoms with Gasteiger partial charge in [-0.3, -0.25) is 4.79 Å². The van der Waals surface area contributed by atoms with Crippen LogP contribution in [-0.4, -0.2) is 42.5 Å². The van der Waals surface area contributed by atoms with Gasteiger partial charge in [0.15, 0.2) is 11.5 Å². The van der Waals surface area contributed by atoms with Crippen LogP contribution in [0.2, 0.25) is 0 Å². The van der Waals surface area contributed by atoms with Crippen LogP contribution in [0.15, 0.2) is 18.6 Å². The lowest BCUT2D eigenvalue weighted by molar-refractivity contribution is 0.0996. The summed E-state index contributed by atoms with van der Waals surface area (Å²) in [6.07, 6.45) is 6.95. The Morgan fingerprint density at radius 1 is 1.46 bits per heavy atom. The fourth-order valence-corrected chi connectivity index (χ4v) is 3.21. The average Bonchev–Trinajstić information content (AvgIpc) is 2.95. The zero-order chi connectivity index (χ0) is 17.3. The van der Waals surface area contributed by atoms with E-state index in [2.05, 4.69) is 32.2 Å². The van der Waals surface area contributed by atoms with Crippen molar-refractivity contribution < 1.29 is 4.79 Å². The van der Waals surface area contributed by atoms with Crippen molar-refractivity contribution in [2.75, 3.05) is 16.8 Å². The first-order valence-corrected chi connectivity index (χ1v) is 8.59. The van der Waals surface area contributed by atoms with Gasteiger partial charge in [-0.15, -0.1) is 0 Å². The molecule has 10 heteroatoms. The number of nitrogens with one attached hydrogen (secondary N) is 1. The van der Waals surface area contributed by atoms with E-state index in [1.165, 1.54) is 0 Å². The molecule has 1 fully saturated rings. The molecule has 1 aliphatic heterocycles. The number of nitrogens with zero attached hydrogens (tertiary/aromatic N) is 5. The Labute approximate surface area is 153 Å². The Hall–Kier alpha value is -1.95. The van der Waals surface area contributed by atoms with Crippen LogP contribution < -0.4 is 21.7 Å². The highest BCUT2D eigenvalue weighted by molar-refractivity contribution is 14.1. The summed E-state index contributed by atoms with van der Waals surface area (Å²) in [5, 5.41) is 7.13. The van der Waals surface area contributed by atoms with Crippen molar-refractivity contribution >= 4 is 46.1 Å². The van der Waals surface area contributed by atoms with Crippen LogP contribution in [-0.2, 0) is 0 Å². The van der Waals surface area contributed by atoms with Gasteiger partial charge in [0.1, 0.15) is 5.82 Å².